The number of Topliss-reactive ketones (excluding diaryl/α,β-unsaturated/α-hetero) is 1. The van der Waals surface area contributed by atoms with Crippen molar-refractivity contribution < 1.29 is 35.1 Å². The van der Waals surface area contributed by atoms with Gasteiger partial charge < -0.3 is 25.5 Å². The van der Waals surface area contributed by atoms with E-state index < -0.39 is 29.1 Å². The van der Waals surface area contributed by atoms with E-state index in [-0.39, 0.29) is 36.2 Å². The fraction of sp³-hybridized carbons (Fsp3) is 0.857. The summed E-state index contributed by atoms with van der Waals surface area (Å²) in [4.78, 5) is 24.4. The first-order chi connectivity index (χ1) is 16.3. The molecule has 5 N–H and O–H groups in total. The van der Waals surface area contributed by atoms with E-state index in [1.54, 1.807) is 6.92 Å². The van der Waals surface area contributed by atoms with Gasteiger partial charge in [0.05, 0.1) is 12.0 Å². The van der Waals surface area contributed by atoms with Crippen molar-refractivity contribution in [2.45, 2.75) is 109 Å². The second-order valence-electron chi connectivity index (χ2n) is 12.8. The number of carbonyl (C=O) groups is 2. The van der Waals surface area contributed by atoms with Crippen LogP contribution in [0.5, 0.6) is 0 Å². The van der Waals surface area contributed by atoms with Crippen LogP contribution in [0.4, 0.5) is 0 Å². The summed E-state index contributed by atoms with van der Waals surface area (Å²) in [5.41, 5.74) is -1.81. The summed E-state index contributed by atoms with van der Waals surface area (Å²) >= 11 is 0. The van der Waals surface area contributed by atoms with Crippen molar-refractivity contribution in [3.8, 4) is 0 Å². The number of hydrogen-bond acceptors (Lipinski definition) is 6. The highest BCUT2D eigenvalue weighted by atomic mass is 16.4. The molecule has 0 saturated heterocycles. The van der Waals surface area contributed by atoms with Gasteiger partial charge in [-0.3, -0.25) is 9.59 Å². The molecule has 0 aromatic carbocycles. The van der Waals surface area contributed by atoms with Gasteiger partial charge in [-0.05, 0) is 99.7 Å². The highest BCUT2D eigenvalue weighted by Crippen LogP contribution is 2.68. The predicted molar refractivity (Wildman–Crippen MR) is 130 cm³/mol. The van der Waals surface area contributed by atoms with Gasteiger partial charge in [0, 0.05) is 12.5 Å². The molecule has 0 bridgehead atoms. The maximum atomic E-state index is 13.1. The molecular weight excluding hydrogens is 448 g/mol. The summed E-state index contributed by atoms with van der Waals surface area (Å²) in [7, 11) is 0. The SMILES string of the molecule is C[C@]12CC[C@H]3[C@@H](CC=C4CC(O)(CC(=O)O)CC[C@@]43C)[C@@H]1CC[C@@H]2[C@@](C)(O)C(=O)[C@H](O)CCCO. The molecule has 4 aliphatic rings. The number of rotatable bonds is 8. The van der Waals surface area contributed by atoms with Crippen LogP contribution >= 0.6 is 0 Å². The van der Waals surface area contributed by atoms with Crippen molar-refractivity contribution in [1.29, 1.82) is 0 Å². The Bertz CT molecular complexity index is 881. The van der Waals surface area contributed by atoms with E-state index in [2.05, 4.69) is 19.9 Å². The molecule has 1 unspecified atom stereocenters. The molecule has 0 spiro atoms. The molecule has 0 heterocycles. The average Bonchev–Trinajstić information content (AvgIpc) is 3.15. The summed E-state index contributed by atoms with van der Waals surface area (Å²) in [5, 5.41) is 51.1. The highest BCUT2D eigenvalue weighted by Gasteiger charge is 2.63. The van der Waals surface area contributed by atoms with Crippen LogP contribution in [0, 0.1) is 34.5 Å². The van der Waals surface area contributed by atoms with Gasteiger partial charge in [-0.15, -0.1) is 0 Å². The molecule has 7 nitrogen and oxygen atoms in total. The number of ketones is 1. The zero-order chi connectivity index (χ0) is 25.8. The Balaban J connectivity index is 1.55. The zero-order valence-corrected chi connectivity index (χ0v) is 21.5. The van der Waals surface area contributed by atoms with Crippen molar-refractivity contribution >= 4 is 11.8 Å². The van der Waals surface area contributed by atoms with Crippen LogP contribution in [-0.4, -0.2) is 61.2 Å². The monoisotopic (exact) mass is 492 g/mol. The molecule has 4 rings (SSSR count). The van der Waals surface area contributed by atoms with Gasteiger partial charge in [-0.25, -0.2) is 0 Å². The Kier molecular flexibility index (Phi) is 7.06. The largest absolute Gasteiger partial charge is 0.481 e. The fourth-order valence-electron chi connectivity index (χ4n) is 8.99. The summed E-state index contributed by atoms with van der Waals surface area (Å²) in [5.74, 6) is -0.452. The third-order valence-electron chi connectivity index (χ3n) is 10.9. The van der Waals surface area contributed by atoms with Gasteiger partial charge in [-0.1, -0.05) is 25.5 Å². The first-order valence-corrected chi connectivity index (χ1v) is 13.5. The normalized spacial score (nSPS) is 43.2. The first-order valence-electron chi connectivity index (χ1n) is 13.5. The maximum Gasteiger partial charge on any atom is 0.306 e. The number of carboxylic acids is 1. The van der Waals surface area contributed by atoms with Gasteiger partial charge in [0.1, 0.15) is 11.7 Å². The van der Waals surface area contributed by atoms with E-state index in [1.165, 1.54) is 5.57 Å². The molecule has 9 atom stereocenters. The van der Waals surface area contributed by atoms with Crippen LogP contribution in [0.3, 0.4) is 0 Å². The van der Waals surface area contributed by atoms with Crippen molar-refractivity contribution in [1.82, 2.24) is 0 Å². The molecule has 4 aliphatic carbocycles. The molecule has 0 aliphatic heterocycles. The minimum atomic E-state index is -1.61. The van der Waals surface area contributed by atoms with Crippen LogP contribution in [0.2, 0.25) is 0 Å². The number of carbonyl (C=O) groups excluding carboxylic acids is 1. The van der Waals surface area contributed by atoms with Crippen LogP contribution in [0.1, 0.15) is 91.4 Å². The minimum absolute atomic E-state index is 0.0497. The zero-order valence-electron chi connectivity index (χ0n) is 21.5. The minimum Gasteiger partial charge on any atom is -0.481 e. The van der Waals surface area contributed by atoms with Gasteiger partial charge in [0.25, 0.3) is 0 Å². The quantitative estimate of drug-likeness (QED) is 0.328. The van der Waals surface area contributed by atoms with Crippen molar-refractivity contribution in [2.75, 3.05) is 6.61 Å². The lowest BCUT2D eigenvalue weighted by molar-refractivity contribution is -0.160. The number of aliphatic hydroxyl groups excluding tert-OH is 2. The number of carboxylic acid groups (broad SMARTS) is 1. The number of aliphatic carboxylic acids is 1. The smallest absolute Gasteiger partial charge is 0.306 e. The second-order valence-corrected chi connectivity index (χ2v) is 12.8. The third-order valence-corrected chi connectivity index (χ3v) is 10.9. The summed E-state index contributed by atoms with van der Waals surface area (Å²) in [6, 6.07) is 0. The van der Waals surface area contributed by atoms with Gasteiger partial charge >= 0.3 is 5.97 Å². The second kappa shape index (κ2) is 9.23. The topological polar surface area (TPSA) is 135 Å². The number of fused-ring (bicyclic) bond motifs is 5. The van der Waals surface area contributed by atoms with Crippen LogP contribution in [-0.2, 0) is 9.59 Å². The molecule has 0 radical (unpaired) electrons. The van der Waals surface area contributed by atoms with Gasteiger partial charge in [0.15, 0.2) is 5.78 Å². The number of aliphatic hydroxyl groups is 4. The lowest BCUT2D eigenvalue weighted by Crippen LogP contribution is -2.56. The molecule has 0 aromatic rings. The highest BCUT2D eigenvalue weighted by molar-refractivity contribution is 5.91. The van der Waals surface area contributed by atoms with Gasteiger partial charge in [0.2, 0.25) is 0 Å². The lowest BCUT2D eigenvalue weighted by Gasteiger charge is -2.59. The molecule has 7 heteroatoms. The standard InChI is InChI=1S/C28H44O7/c1-25-12-13-28(35,16-23(31)32)15-17(25)6-7-18-19-8-9-22(26(19,2)11-10-20(18)25)27(3,34)24(33)21(30)5-4-14-29/h6,18-22,29-30,34-35H,4-5,7-16H2,1-3H3,(H,31,32)/t18-,19-,20-,21+,22-,25-,26-,27+,28?/m0/s1. The Morgan fingerprint density at radius 1 is 1.14 bits per heavy atom. The van der Waals surface area contributed by atoms with Gasteiger partial charge in [-0.2, -0.15) is 0 Å². The van der Waals surface area contributed by atoms with E-state index in [4.69, 9.17) is 5.11 Å². The Morgan fingerprint density at radius 2 is 1.86 bits per heavy atom. The molecule has 3 saturated carbocycles. The summed E-state index contributed by atoms with van der Waals surface area (Å²) < 4.78 is 0. The van der Waals surface area contributed by atoms with Crippen LogP contribution < -0.4 is 0 Å². The molecule has 35 heavy (non-hydrogen) atoms. The van der Waals surface area contributed by atoms with E-state index in [0.29, 0.717) is 37.0 Å². The van der Waals surface area contributed by atoms with E-state index in [0.717, 1.165) is 38.5 Å². The Hall–Kier alpha value is -1.28. The van der Waals surface area contributed by atoms with Crippen molar-refractivity contribution in [3.63, 3.8) is 0 Å². The van der Waals surface area contributed by atoms with Crippen molar-refractivity contribution in [2.24, 2.45) is 34.5 Å². The summed E-state index contributed by atoms with van der Waals surface area (Å²) in [6.45, 7) is 6.00. The lowest BCUT2D eigenvalue weighted by atomic mass is 9.46. The maximum absolute atomic E-state index is 13.1. The molecule has 198 valence electrons. The Morgan fingerprint density at radius 3 is 2.51 bits per heavy atom. The molecular formula is C28H44O7. The van der Waals surface area contributed by atoms with E-state index >= 15 is 0 Å². The fourth-order valence-corrected chi connectivity index (χ4v) is 8.99. The van der Waals surface area contributed by atoms with Crippen LogP contribution in [0.25, 0.3) is 0 Å². The third kappa shape index (κ3) is 4.41. The molecule has 3 fully saturated rings. The van der Waals surface area contributed by atoms with E-state index in [1.807, 2.05) is 0 Å². The molecule has 0 aromatic heterocycles. The van der Waals surface area contributed by atoms with Crippen molar-refractivity contribution in [3.05, 3.63) is 11.6 Å². The predicted octanol–water partition coefficient (Wildman–Crippen LogP) is 3.22. The Labute approximate surface area is 208 Å². The summed E-state index contributed by atoms with van der Waals surface area (Å²) in [6.07, 6.45) is 7.44. The average molecular weight is 493 g/mol. The number of hydrogen-bond donors (Lipinski definition) is 5. The van der Waals surface area contributed by atoms with Crippen LogP contribution in [0.15, 0.2) is 11.6 Å². The molecule has 0 amide bonds. The first kappa shape index (κ1) is 26.8. The van der Waals surface area contributed by atoms with E-state index in [9.17, 15) is 30.0 Å². The number of allylic oxidation sites excluding steroid dienone is 1.